The molecule has 1 unspecified atom stereocenters. The number of hydrogen-bond acceptors (Lipinski definition) is 5. The number of aryl methyl sites for hydroxylation is 1. The number of piperazine rings is 1. The summed E-state index contributed by atoms with van der Waals surface area (Å²) < 4.78 is 36.4. The number of hydrogen-bond donors (Lipinski definition) is 0. The molecule has 0 aliphatic carbocycles. The van der Waals surface area contributed by atoms with Crippen LogP contribution in [0.3, 0.4) is 0 Å². The largest absolute Gasteiger partial charge is 0.368 e. The topological polar surface area (TPSA) is 60.9 Å². The van der Waals surface area contributed by atoms with Crippen molar-refractivity contribution in [1.82, 2.24) is 4.90 Å². The van der Waals surface area contributed by atoms with Gasteiger partial charge in [-0.05, 0) is 67.8 Å². The second-order valence-electron chi connectivity index (χ2n) is 7.99. The van der Waals surface area contributed by atoms with Crippen molar-refractivity contribution in [2.45, 2.75) is 30.7 Å². The van der Waals surface area contributed by atoms with E-state index in [0.717, 1.165) is 36.3 Å². The van der Waals surface area contributed by atoms with Gasteiger partial charge in [0.05, 0.1) is 4.90 Å². The third-order valence-electron chi connectivity index (χ3n) is 6.10. The summed E-state index contributed by atoms with van der Waals surface area (Å²) in [6, 6.07) is 10.9. The van der Waals surface area contributed by atoms with Crippen molar-refractivity contribution >= 4 is 37.0 Å². The molecule has 2 aliphatic heterocycles. The maximum atomic E-state index is 13.6. The molecule has 6 nitrogen and oxygen atoms in total. The molecule has 1 amide bonds. The molecule has 31 heavy (non-hydrogen) atoms. The van der Waals surface area contributed by atoms with Gasteiger partial charge in [0.2, 0.25) is 5.91 Å². The first-order valence-corrected chi connectivity index (χ1v) is 12.7. The Labute approximate surface area is 186 Å². The molecular formula is C22H25ClFN3O3S. The van der Waals surface area contributed by atoms with Crippen molar-refractivity contribution in [1.29, 1.82) is 0 Å². The fraction of sp³-hybridized carbons (Fsp3) is 0.409. The second kappa shape index (κ2) is 8.67. The first-order chi connectivity index (χ1) is 14.7. The monoisotopic (exact) mass is 465 g/mol. The Morgan fingerprint density at radius 1 is 1.03 bits per heavy atom. The number of anilines is 2. The highest BCUT2D eigenvalue weighted by molar-refractivity contribution is 8.13. The number of rotatable bonds is 4. The first-order valence-electron chi connectivity index (χ1n) is 10.4. The zero-order chi connectivity index (χ0) is 22.2. The van der Waals surface area contributed by atoms with E-state index in [2.05, 4.69) is 9.80 Å². The molecule has 9 heteroatoms. The van der Waals surface area contributed by atoms with Gasteiger partial charge in [0, 0.05) is 54.8 Å². The van der Waals surface area contributed by atoms with Crippen LogP contribution >= 0.6 is 10.7 Å². The standard InChI is InChI=1S/C22H25ClFN3O3S/c1-16(27-10-2-3-17-15-18(24)4-9-21(17)27)22(28)26-13-11-25(12-14-26)19-5-7-20(8-6-19)31(23,29)30/h4-9,15-16H,2-3,10-14H2,1H3. The smallest absolute Gasteiger partial charge is 0.261 e. The van der Waals surface area contributed by atoms with Crippen LogP contribution in [-0.2, 0) is 20.3 Å². The van der Waals surface area contributed by atoms with Gasteiger partial charge in [0.1, 0.15) is 11.9 Å². The minimum Gasteiger partial charge on any atom is -0.368 e. The molecule has 1 fully saturated rings. The number of carbonyl (C=O) groups excluding carboxylic acids is 1. The van der Waals surface area contributed by atoms with Gasteiger partial charge in [0.25, 0.3) is 9.05 Å². The van der Waals surface area contributed by atoms with Crippen molar-refractivity contribution in [3.8, 4) is 0 Å². The normalized spacial score (nSPS) is 18.0. The number of halogens is 2. The van der Waals surface area contributed by atoms with Gasteiger partial charge in [-0.25, -0.2) is 12.8 Å². The fourth-order valence-electron chi connectivity index (χ4n) is 4.40. The van der Waals surface area contributed by atoms with Gasteiger partial charge in [0.15, 0.2) is 0 Å². The fourth-order valence-corrected chi connectivity index (χ4v) is 5.17. The highest BCUT2D eigenvalue weighted by atomic mass is 35.7. The van der Waals surface area contributed by atoms with Gasteiger partial charge in [-0.3, -0.25) is 4.79 Å². The molecule has 2 aromatic rings. The van der Waals surface area contributed by atoms with E-state index in [9.17, 15) is 17.6 Å². The van der Waals surface area contributed by atoms with Crippen molar-refractivity contribution < 1.29 is 17.6 Å². The third-order valence-corrected chi connectivity index (χ3v) is 7.47. The van der Waals surface area contributed by atoms with Crippen molar-refractivity contribution in [2.24, 2.45) is 0 Å². The minimum absolute atomic E-state index is 0.0698. The van der Waals surface area contributed by atoms with Gasteiger partial charge in [-0.15, -0.1) is 0 Å². The van der Waals surface area contributed by atoms with Crippen LogP contribution in [0.4, 0.5) is 15.8 Å². The van der Waals surface area contributed by atoms with Crippen LogP contribution in [0.15, 0.2) is 47.4 Å². The predicted molar refractivity (Wildman–Crippen MR) is 120 cm³/mol. The minimum atomic E-state index is -3.74. The molecule has 166 valence electrons. The molecule has 0 spiro atoms. The lowest BCUT2D eigenvalue weighted by Crippen LogP contribution is -2.55. The average Bonchev–Trinajstić information content (AvgIpc) is 2.77. The summed E-state index contributed by atoms with van der Waals surface area (Å²) in [5.74, 6) is -0.173. The van der Waals surface area contributed by atoms with Gasteiger partial charge >= 0.3 is 0 Å². The van der Waals surface area contributed by atoms with E-state index in [1.54, 1.807) is 24.3 Å². The van der Waals surface area contributed by atoms with Crippen LogP contribution in [0.5, 0.6) is 0 Å². The van der Waals surface area contributed by atoms with Crippen LogP contribution in [0.25, 0.3) is 0 Å². The maximum absolute atomic E-state index is 13.6. The SMILES string of the molecule is CC(C(=O)N1CCN(c2ccc(S(=O)(=O)Cl)cc2)CC1)N1CCCc2cc(F)ccc21. The van der Waals surface area contributed by atoms with Crippen molar-refractivity contribution in [3.05, 3.63) is 53.8 Å². The van der Waals surface area contributed by atoms with E-state index in [0.29, 0.717) is 26.2 Å². The van der Waals surface area contributed by atoms with E-state index in [4.69, 9.17) is 10.7 Å². The summed E-state index contributed by atoms with van der Waals surface area (Å²) in [5, 5.41) is 0. The third kappa shape index (κ3) is 4.65. The summed E-state index contributed by atoms with van der Waals surface area (Å²) in [6.45, 7) is 5.19. The number of fused-ring (bicyclic) bond motifs is 1. The lowest BCUT2D eigenvalue weighted by atomic mass is 9.99. The van der Waals surface area contributed by atoms with Gasteiger partial charge < -0.3 is 14.7 Å². The molecule has 2 aliphatic rings. The lowest BCUT2D eigenvalue weighted by molar-refractivity contribution is -0.132. The van der Waals surface area contributed by atoms with Gasteiger partial charge in [-0.1, -0.05) is 0 Å². The van der Waals surface area contributed by atoms with Crippen LogP contribution in [0, 0.1) is 5.82 Å². The number of carbonyl (C=O) groups is 1. The molecule has 4 rings (SSSR count). The summed E-state index contributed by atoms with van der Waals surface area (Å²) in [6.07, 6.45) is 1.73. The molecule has 2 heterocycles. The van der Waals surface area contributed by atoms with E-state index < -0.39 is 9.05 Å². The Balaban J connectivity index is 1.40. The summed E-state index contributed by atoms with van der Waals surface area (Å²) in [5.41, 5.74) is 2.80. The molecule has 1 atom stereocenters. The predicted octanol–water partition coefficient (Wildman–Crippen LogP) is 3.24. The summed E-state index contributed by atoms with van der Waals surface area (Å²) in [7, 11) is 1.64. The molecule has 0 radical (unpaired) electrons. The van der Waals surface area contributed by atoms with E-state index in [1.165, 1.54) is 18.2 Å². The molecule has 2 aromatic carbocycles. The molecule has 0 saturated carbocycles. The van der Waals surface area contributed by atoms with Crippen LogP contribution in [-0.4, -0.2) is 58.0 Å². The number of amides is 1. The Morgan fingerprint density at radius 3 is 2.35 bits per heavy atom. The van der Waals surface area contributed by atoms with Crippen LogP contribution in [0.1, 0.15) is 18.9 Å². The highest BCUT2D eigenvalue weighted by Crippen LogP contribution is 2.30. The zero-order valence-corrected chi connectivity index (χ0v) is 18.9. The summed E-state index contributed by atoms with van der Waals surface area (Å²) in [4.78, 5) is 19.3. The average molecular weight is 466 g/mol. The van der Waals surface area contributed by atoms with Crippen molar-refractivity contribution in [3.63, 3.8) is 0 Å². The summed E-state index contributed by atoms with van der Waals surface area (Å²) >= 11 is 0. The van der Waals surface area contributed by atoms with Crippen LogP contribution < -0.4 is 9.80 Å². The maximum Gasteiger partial charge on any atom is 0.261 e. The highest BCUT2D eigenvalue weighted by Gasteiger charge is 2.31. The second-order valence-corrected chi connectivity index (χ2v) is 10.6. The van der Waals surface area contributed by atoms with E-state index in [1.807, 2.05) is 11.8 Å². The van der Waals surface area contributed by atoms with Crippen molar-refractivity contribution in [2.75, 3.05) is 42.5 Å². The first kappa shape index (κ1) is 21.9. The molecular weight excluding hydrogens is 441 g/mol. The molecule has 0 N–H and O–H groups in total. The zero-order valence-electron chi connectivity index (χ0n) is 17.3. The Kier molecular flexibility index (Phi) is 6.12. The Morgan fingerprint density at radius 2 is 1.71 bits per heavy atom. The lowest BCUT2D eigenvalue weighted by Gasteiger charge is -2.41. The molecule has 0 bridgehead atoms. The Hall–Kier alpha value is -2.32. The number of nitrogens with zero attached hydrogens (tertiary/aromatic N) is 3. The Bertz CT molecular complexity index is 1070. The van der Waals surface area contributed by atoms with E-state index in [-0.39, 0.29) is 22.7 Å². The van der Waals surface area contributed by atoms with Gasteiger partial charge in [-0.2, -0.15) is 0 Å². The molecule has 0 aromatic heterocycles. The number of benzene rings is 2. The van der Waals surface area contributed by atoms with Crippen LogP contribution in [0.2, 0.25) is 0 Å². The quantitative estimate of drug-likeness (QED) is 0.649. The van der Waals surface area contributed by atoms with E-state index >= 15 is 0 Å². The molecule has 1 saturated heterocycles.